The zero-order chi connectivity index (χ0) is 13.7. The average Bonchev–Trinajstić information content (AvgIpc) is 2.93. The minimum Gasteiger partial charge on any atom is -0.250 e. The van der Waals surface area contributed by atoms with Crippen LogP contribution in [0.5, 0.6) is 0 Å². The van der Waals surface area contributed by atoms with Gasteiger partial charge in [0.25, 0.3) is 0 Å². The van der Waals surface area contributed by atoms with Crippen LogP contribution in [0.25, 0.3) is 0 Å². The SMILES string of the molecule is CCC(C(Cc1ccccc1)C(C)C)[n+]1cc[nH]c1. The lowest BCUT2D eigenvalue weighted by Gasteiger charge is -2.27. The molecule has 1 aromatic carbocycles. The summed E-state index contributed by atoms with van der Waals surface area (Å²) in [6, 6.07) is 11.4. The lowest BCUT2D eigenvalue weighted by atomic mass is 9.82. The van der Waals surface area contributed by atoms with Gasteiger partial charge in [0.05, 0.1) is 0 Å². The zero-order valence-corrected chi connectivity index (χ0v) is 12.2. The summed E-state index contributed by atoms with van der Waals surface area (Å²) in [6.07, 6.45) is 8.54. The lowest BCUT2D eigenvalue weighted by Crippen LogP contribution is -2.43. The molecule has 0 saturated carbocycles. The number of nitrogens with one attached hydrogen (secondary N) is 1. The first-order valence-corrected chi connectivity index (χ1v) is 7.29. The summed E-state index contributed by atoms with van der Waals surface area (Å²) in [4.78, 5) is 3.17. The van der Waals surface area contributed by atoms with Crippen molar-refractivity contribution in [2.45, 2.75) is 39.7 Å². The van der Waals surface area contributed by atoms with Gasteiger partial charge >= 0.3 is 0 Å². The maximum atomic E-state index is 3.17. The summed E-state index contributed by atoms with van der Waals surface area (Å²) in [5.74, 6) is 1.33. The highest BCUT2D eigenvalue weighted by Crippen LogP contribution is 2.27. The van der Waals surface area contributed by atoms with Gasteiger partial charge in [-0.25, -0.2) is 4.57 Å². The Morgan fingerprint density at radius 3 is 2.42 bits per heavy atom. The third-order valence-corrected chi connectivity index (χ3v) is 4.03. The monoisotopic (exact) mass is 257 g/mol. The van der Waals surface area contributed by atoms with Gasteiger partial charge in [0.2, 0.25) is 6.33 Å². The molecular formula is C17H25N2+. The molecule has 0 radical (unpaired) electrons. The first kappa shape index (κ1) is 13.9. The van der Waals surface area contributed by atoms with E-state index in [-0.39, 0.29) is 0 Å². The fraction of sp³-hybridized carbons (Fsp3) is 0.471. The molecule has 102 valence electrons. The van der Waals surface area contributed by atoms with Crippen LogP contribution in [0.1, 0.15) is 38.8 Å². The molecule has 1 aromatic heterocycles. The van der Waals surface area contributed by atoms with Gasteiger partial charge in [-0.05, 0) is 24.3 Å². The molecule has 1 heterocycles. The van der Waals surface area contributed by atoms with Crippen LogP contribution >= 0.6 is 0 Å². The van der Waals surface area contributed by atoms with Gasteiger partial charge < -0.3 is 0 Å². The molecular weight excluding hydrogens is 232 g/mol. The Morgan fingerprint density at radius 2 is 1.89 bits per heavy atom. The minimum absolute atomic E-state index is 0.562. The van der Waals surface area contributed by atoms with E-state index in [1.54, 1.807) is 0 Å². The number of rotatable bonds is 6. The van der Waals surface area contributed by atoms with Crippen molar-refractivity contribution in [1.29, 1.82) is 0 Å². The molecule has 1 N–H and O–H groups in total. The minimum atomic E-state index is 0.562. The number of nitrogens with zero attached hydrogens (tertiary/aromatic N) is 1. The molecule has 2 rings (SSSR count). The van der Waals surface area contributed by atoms with E-state index in [0.29, 0.717) is 17.9 Å². The highest BCUT2D eigenvalue weighted by molar-refractivity contribution is 5.15. The van der Waals surface area contributed by atoms with Crippen LogP contribution in [0.3, 0.4) is 0 Å². The summed E-state index contributed by atoms with van der Waals surface area (Å²) in [5, 5.41) is 0. The van der Waals surface area contributed by atoms with Gasteiger partial charge in [-0.15, -0.1) is 0 Å². The van der Waals surface area contributed by atoms with Crippen LogP contribution in [0.4, 0.5) is 0 Å². The summed E-state index contributed by atoms with van der Waals surface area (Å²) in [6.45, 7) is 6.96. The molecule has 2 unspecified atom stereocenters. The second-order valence-corrected chi connectivity index (χ2v) is 5.63. The van der Waals surface area contributed by atoms with Crippen molar-refractivity contribution in [3.05, 3.63) is 54.6 Å². The number of H-pyrrole nitrogens is 1. The summed E-state index contributed by atoms with van der Waals surface area (Å²) in [7, 11) is 0. The molecule has 2 atom stereocenters. The van der Waals surface area contributed by atoms with Gasteiger partial charge in [0, 0.05) is 5.92 Å². The predicted octanol–water partition coefficient (Wildman–Crippen LogP) is 3.77. The zero-order valence-electron chi connectivity index (χ0n) is 12.2. The van der Waals surface area contributed by atoms with Crippen LogP contribution in [0.15, 0.2) is 49.1 Å². The van der Waals surface area contributed by atoms with E-state index < -0.39 is 0 Å². The van der Waals surface area contributed by atoms with Crippen molar-refractivity contribution in [3.63, 3.8) is 0 Å². The van der Waals surface area contributed by atoms with E-state index >= 15 is 0 Å². The number of imidazole rings is 1. The Balaban J connectivity index is 2.19. The summed E-state index contributed by atoms with van der Waals surface area (Å²) in [5.41, 5.74) is 1.44. The largest absolute Gasteiger partial charge is 0.250 e. The highest BCUT2D eigenvalue weighted by Gasteiger charge is 2.28. The Kier molecular flexibility index (Phi) is 4.78. The van der Waals surface area contributed by atoms with Crippen LogP contribution < -0.4 is 4.57 Å². The molecule has 19 heavy (non-hydrogen) atoms. The van der Waals surface area contributed by atoms with E-state index in [2.05, 4.69) is 73.2 Å². The highest BCUT2D eigenvalue weighted by atomic mass is 15.1. The topological polar surface area (TPSA) is 19.7 Å². The van der Waals surface area contributed by atoms with Crippen molar-refractivity contribution < 1.29 is 4.57 Å². The maximum Gasteiger partial charge on any atom is 0.241 e. The van der Waals surface area contributed by atoms with Crippen molar-refractivity contribution in [2.24, 2.45) is 11.8 Å². The van der Waals surface area contributed by atoms with Crippen molar-refractivity contribution in [3.8, 4) is 0 Å². The first-order valence-electron chi connectivity index (χ1n) is 7.29. The van der Waals surface area contributed by atoms with E-state index in [1.165, 1.54) is 5.56 Å². The van der Waals surface area contributed by atoms with Gasteiger partial charge in [0.1, 0.15) is 18.4 Å². The van der Waals surface area contributed by atoms with Gasteiger partial charge in [-0.2, -0.15) is 0 Å². The third-order valence-electron chi connectivity index (χ3n) is 4.03. The van der Waals surface area contributed by atoms with Gasteiger partial charge in [-0.3, -0.25) is 4.98 Å². The maximum absolute atomic E-state index is 3.17. The Hall–Kier alpha value is -1.57. The number of hydrogen-bond acceptors (Lipinski definition) is 0. The molecule has 2 aromatic rings. The smallest absolute Gasteiger partial charge is 0.241 e. The molecule has 0 aliphatic carbocycles. The Bertz CT molecular complexity index is 459. The fourth-order valence-corrected chi connectivity index (χ4v) is 2.94. The van der Waals surface area contributed by atoms with Crippen molar-refractivity contribution >= 4 is 0 Å². The molecule has 0 amide bonds. The predicted molar refractivity (Wildman–Crippen MR) is 78.8 cm³/mol. The molecule has 2 nitrogen and oxygen atoms in total. The van der Waals surface area contributed by atoms with E-state index in [0.717, 1.165) is 12.8 Å². The number of hydrogen-bond donors (Lipinski definition) is 1. The van der Waals surface area contributed by atoms with Crippen molar-refractivity contribution in [1.82, 2.24) is 4.98 Å². The van der Waals surface area contributed by atoms with Gasteiger partial charge in [0.15, 0.2) is 0 Å². The first-order chi connectivity index (χ1) is 9.22. The Labute approximate surface area is 116 Å². The third kappa shape index (κ3) is 3.46. The molecule has 2 heteroatoms. The van der Waals surface area contributed by atoms with Crippen LogP contribution in [-0.4, -0.2) is 4.98 Å². The average molecular weight is 257 g/mol. The number of aromatic nitrogens is 2. The van der Waals surface area contributed by atoms with Crippen molar-refractivity contribution in [2.75, 3.05) is 0 Å². The quantitative estimate of drug-likeness (QED) is 0.760. The summed E-state index contributed by atoms with van der Waals surface area (Å²) >= 11 is 0. The second kappa shape index (κ2) is 6.55. The molecule has 0 saturated heterocycles. The Morgan fingerprint density at radius 1 is 1.16 bits per heavy atom. The molecule has 0 bridgehead atoms. The van der Waals surface area contributed by atoms with E-state index in [9.17, 15) is 0 Å². The lowest BCUT2D eigenvalue weighted by molar-refractivity contribution is -0.730. The van der Waals surface area contributed by atoms with E-state index in [4.69, 9.17) is 0 Å². The normalized spacial score (nSPS) is 14.5. The second-order valence-electron chi connectivity index (χ2n) is 5.63. The molecule has 0 aliphatic rings. The summed E-state index contributed by atoms with van der Waals surface area (Å²) < 4.78 is 2.33. The van der Waals surface area contributed by atoms with Crippen LogP contribution in [0, 0.1) is 11.8 Å². The standard InChI is InChI=1S/C17H24N2/c1-4-17(19-11-10-18-13-19)16(14(2)3)12-15-8-6-5-7-9-15/h5-11,13-14,16-17H,4,12H2,1-3H3/p+1. The van der Waals surface area contributed by atoms with Crippen LogP contribution in [0.2, 0.25) is 0 Å². The molecule has 0 spiro atoms. The number of aromatic amines is 1. The molecule has 0 aliphatic heterocycles. The van der Waals surface area contributed by atoms with Gasteiger partial charge in [-0.1, -0.05) is 51.1 Å². The van der Waals surface area contributed by atoms with E-state index in [1.807, 2.05) is 6.20 Å². The molecule has 0 fully saturated rings. The number of benzene rings is 1. The van der Waals surface area contributed by atoms with Crippen LogP contribution in [-0.2, 0) is 6.42 Å². The fourth-order valence-electron chi connectivity index (χ4n) is 2.94.